The van der Waals surface area contributed by atoms with Crippen LogP contribution in [-0.4, -0.2) is 19.3 Å². The summed E-state index contributed by atoms with van der Waals surface area (Å²) >= 11 is 0. The average molecular weight is 505 g/mol. The molecule has 0 spiro atoms. The van der Waals surface area contributed by atoms with E-state index in [0.717, 1.165) is 51.6 Å². The fraction of sp³-hybridized carbons (Fsp3) is 0.533. The molecule has 2 aromatic carbocycles. The highest BCUT2D eigenvalue weighted by atomic mass is 19.2. The lowest BCUT2D eigenvalue weighted by Crippen LogP contribution is -2.25. The van der Waals surface area contributed by atoms with Crippen molar-refractivity contribution in [3.05, 3.63) is 65.2 Å². The molecule has 36 heavy (non-hydrogen) atoms. The Morgan fingerprint density at radius 2 is 1.44 bits per heavy atom. The van der Waals surface area contributed by atoms with Gasteiger partial charge in [0.05, 0.1) is 19.3 Å². The lowest BCUT2D eigenvalue weighted by molar-refractivity contribution is 0.00622. The number of hydrogen-bond donors (Lipinski definition) is 0. The maximum Gasteiger partial charge on any atom is 0.201 e. The van der Waals surface area contributed by atoms with Gasteiger partial charge in [-0.25, -0.2) is 13.2 Å². The number of hydrogen-bond acceptors (Lipinski definition) is 2. The molecule has 2 aromatic rings. The van der Waals surface area contributed by atoms with Crippen molar-refractivity contribution < 1.29 is 27.0 Å². The Bertz CT molecular complexity index is 1050. The molecule has 6 heteroatoms. The largest absolute Gasteiger partial charge is 0.491 e. The summed E-state index contributed by atoms with van der Waals surface area (Å²) in [5, 5.41) is 0. The highest BCUT2D eigenvalue weighted by molar-refractivity contribution is 5.66. The Morgan fingerprint density at radius 1 is 0.806 bits per heavy atom. The summed E-state index contributed by atoms with van der Waals surface area (Å²) in [6.45, 7) is 4.66. The second kappa shape index (κ2) is 12.3. The van der Waals surface area contributed by atoms with Gasteiger partial charge in [-0.15, -0.1) is 0 Å². The first-order valence-electron chi connectivity index (χ1n) is 13.3. The van der Waals surface area contributed by atoms with E-state index in [4.69, 9.17) is 9.47 Å². The normalized spacial score (nSPS) is 24.8. The van der Waals surface area contributed by atoms with Crippen LogP contribution in [0.1, 0.15) is 76.7 Å². The van der Waals surface area contributed by atoms with E-state index in [1.54, 1.807) is 6.92 Å². The lowest BCUT2D eigenvalue weighted by atomic mass is 9.76. The van der Waals surface area contributed by atoms with Crippen LogP contribution in [0.5, 0.6) is 5.75 Å². The molecule has 2 fully saturated rings. The highest BCUT2D eigenvalue weighted by Gasteiger charge is 2.28. The zero-order valence-corrected chi connectivity index (χ0v) is 21.2. The van der Waals surface area contributed by atoms with Gasteiger partial charge in [-0.05, 0) is 94.2 Å². The van der Waals surface area contributed by atoms with Gasteiger partial charge in [-0.3, -0.25) is 0 Å². The van der Waals surface area contributed by atoms with Gasteiger partial charge in [0, 0.05) is 11.1 Å². The summed E-state index contributed by atoms with van der Waals surface area (Å²) in [7, 11) is 0. The molecule has 0 radical (unpaired) electrons. The van der Waals surface area contributed by atoms with E-state index in [1.807, 2.05) is 13.0 Å². The Morgan fingerprint density at radius 3 is 2.08 bits per heavy atom. The van der Waals surface area contributed by atoms with E-state index in [-0.39, 0.29) is 35.5 Å². The molecule has 2 unspecified atom stereocenters. The highest BCUT2D eigenvalue weighted by Crippen LogP contribution is 2.41. The van der Waals surface area contributed by atoms with Crippen LogP contribution in [0, 0.1) is 35.1 Å². The van der Waals surface area contributed by atoms with Gasteiger partial charge in [0.15, 0.2) is 23.2 Å². The molecular formula is C30H36F4O2. The smallest absolute Gasteiger partial charge is 0.201 e. The minimum atomic E-state index is -1.24. The first kappa shape index (κ1) is 26.7. The van der Waals surface area contributed by atoms with Crippen LogP contribution in [0.15, 0.2) is 36.4 Å². The van der Waals surface area contributed by atoms with E-state index in [1.165, 1.54) is 30.7 Å². The molecule has 1 saturated carbocycles. The number of allylic oxidation sites excluding steroid dienone is 1. The summed E-state index contributed by atoms with van der Waals surface area (Å²) in [6, 6.07) is 5.36. The van der Waals surface area contributed by atoms with Crippen molar-refractivity contribution >= 4 is 0 Å². The van der Waals surface area contributed by atoms with E-state index >= 15 is 8.78 Å². The van der Waals surface area contributed by atoms with Gasteiger partial charge in [0.1, 0.15) is 0 Å². The van der Waals surface area contributed by atoms with E-state index in [2.05, 4.69) is 6.08 Å². The fourth-order valence-corrected chi connectivity index (χ4v) is 5.75. The predicted octanol–water partition coefficient (Wildman–Crippen LogP) is 8.73. The monoisotopic (exact) mass is 504 g/mol. The summed E-state index contributed by atoms with van der Waals surface area (Å²) in [5.41, 5.74) is -0.265. The number of rotatable bonds is 8. The molecule has 0 amide bonds. The third-order valence-electron chi connectivity index (χ3n) is 7.83. The molecule has 0 aromatic heterocycles. The average Bonchev–Trinajstić information content (AvgIpc) is 2.89. The Labute approximate surface area is 211 Å². The quantitative estimate of drug-likeness (QED) is 0.264. The molecule has 1 aliphatic heterocycles. The Balaban J connectivity index is 1.35. The first-order valence-corrected chi connectivity index (χ1v) is 13.3. The van der Waals surface area contributed by atoms with Gasteiger partial charge in [0.2, 0.25) is 5.82 Å². The van der Waals surface area contributed by atoms with E-state index in [9.17, 15) is 8.78 Å². The summed E-state index contributed by atoms with van der Waals surface area (Å²) in [5.74, 6) is -3.64. The molecule has 196 valence electrons. The van der Waals surface area contributed by atoms with Crippen molar-refractivity contribution in [2.24, 2.45) is 11.8 Å². The predicted molar refractivity (Wildman–Crippen MR) is 134 cm³/mol. The Hall–Kier alpha value is -2.34. The van der Waals surface area contributed by atoms with Gasteiger partial charge in [-0.2, -0.15) is 4.39 Å². The van der Waals surface area contributed by atoms with Crippen LogP contribution in [0.4, 0.5) is 17.6 Å². The third kappa shape index (κ3) is 5.96. The maximum atomic E-state index is 15.1. The zero-order chi connectivity index (χ0) is 25.7. The second-order valence-corrected chi connectivity index (χ2v) is 10.1. The molecular weight excluding hydrogens is 468 g/mol. The van der Waals surface area contributed by atoms with Crippen molar-refractivity contribution in [3.63, 3.8) is 0 Å². The van der Waals surface area contributed by atoms with Crippen molar-refractivity contribution in [3.8, 4) is 16.9 Å². The van der Waals surface area contributed by atoms with Crippen LogP contribution in [0.25, 0.3) is 11.1 Å². The van der Waals surface area contributed by atoms with Crippen LogP contribution in [0.3, 0.4) is 0 Å². The van der Waals surface area contributed by atoms with E-state index in [0.29, 0.717) is 17.4 Å². The molecule has 2 nitrogen and oxygen atoms in total. The molecule has 1 saturated heterocycles. The minimum Gasteiger partial charge on any atom is -0.491 e. The molecule has 1 aliphatic carbocycles. The number of benzene rings is 2. The molecule has 4 rings (SSSR count). The van der Waals surface area contributed by atoms with Crippen molar-refractivity contribution in [1.82, 2.24) is 0 Å². The van der Waals surface area contributed by atoms with Gasteiger partial charge in [-0.1, -0.05) is 30.7 Å². The third-order valence-corrected chi connectivity index (χ3v) is 7.83. The van der Waals surface area contributed by atoms with Crippen molar-refractivity contribution in [1.29, 1.82) is 0 Å². The summed E-state index contributed by atoms with van der Waals surface area (Å²) in [6.07, 6.45) is 12.6. The summed E-state index contributed by atoms with van der Waals surface area (Å²) in [4.78, 5) is 0. The van der Waals surface area contributed by atoms with Crippen LogP contribution in [-0.2, 0) is 4.74 Å². The molecule has 1 heterocycles. The minimum absolute atomic E-state index is 0.0636. The van der Waals surface area contributed by atoms with Crippen molar-refractivity contribution in [2.45, 2.75) is 77.2 Å². The second-order valence-electron chi connectivity index (χ2n) is 10.1. The van der Waals surface area contributed by atoms with E-state index < -0.39 is 23.3 Å². The number of ether oxygens (including phenoxy) is 2. The molecule has 2 atom stereocenters. The van der Waals surface area contributed by atoms with Gasteiger partial charge < -0.3 is 9.47 Å². The molecule has 0 N–H and O–H groups in total. The van der Waals surface area contributed by atoms with Gasteiger partial charge in [0.25, 0.3) is 0 Å². The topological polar surface area (TPSA) is 18.5 Å². The lowest BCUT2D eigenvalue weighted by Gasteiger charge is -2.32. The fourth-order valence-electron chi connectivity index (χ4n) is 5.75. The summed E-state index contributed by atoms with van der Waals surface area (Å²) < 4.78 is 70.0. The Kier molecular flexibility index (Phi) is 9.10. The number of halogens is 4. The SMILES string of the molecule is C/C=C/C1CCC(CCC2CCC(c3ccc(-c4ccc(OCC)c(F)c4F)c(F)c3F)CC2)CO1. The molecule has 0 bridgehead atoms. The molecule has 2 aliphatic rings. The van der Waals surface area contributed by atoms with Crippen molar-refractivity contribution in [2.75, 3.05) is 13.2 Å². The van der Waals surface area contributed by atoms with Crippen LogP contribution in [0.2, 0.25) is 0 Å². The standard InChI is InChI=1S/C30H36F4O2/c1-3-5-22-13-10-20(18-36-22)7-6-19-8-11-21(12-9-19)23-14-15-24(28(32)27(23)31)25-16-17-26(35-4-2)30(34)29(25)33/h3,5,14-17,19-22H,4,6-13,18H2,1-2H3/b5-3+. The first-order chi connectivity index (χ1) is 17.4. The zero-order valence-electron chi connectivity index (χ0n) is 21.2. The maximum absolute atomic E-state index is 15.1. The van der Waals surface area contributed by atoms with Gasteiger partial charge >= 0.3 is 0 Å². The van der Waals surface area contributed by atoms with Crippen LogP contribution >= 0.6 is 0 Å². The van der Waals surface area contributed by atoms with Crippen LogP contribution < -0.4 is 4.74 Å².